The molecule has 0 aliphatic heterocycles. The summed E-state index contributed by atoms with van der Waals surface area (Å²) in [6.45, 7) is 0.436. The van der Waals surface area contributed by atoms with Crippen LogP contribution in [0.2, 0.25) is 0 Å². The first-order valence-corrected chi connectivity index (χ1v) is 5.97. The van der Waals surface area contributed by atoms with Gasteiger partial charge in [0.05, 0.1) is 0 Å². The molecule has 0 aromatic heterocycles. The Morgan fingerprint density at radius 3 is 2.59 bits per heavy atom. The molecule has 86 valence electrons. The van der Waals surface area contributed by atoms with Crippen molar-refractivity contribution < 1.29 is 4.84 Å². The molecule has 0 N–H and O–H groups in total. The normalized spacial score (nSPS) is 29.8. The average molecular weight is 226 g/mol. The molecule has 0 heterocycles. The standard InChI is InChI=1S/C14H14N2O/c15-9-13(14-6-12(7-14)8-14)16-17-10-11-4-2-1-3-5-11/h1-5,12H,6-8,10H2. The number of nitrogens with zero attached hydrogens (tertiary/aromatic N) is 2. The highest BCUT2D eigenvalue weighted by Gasteiger charge is 2.60. The second-order valence-electron chi connectivity index (χ2n) is 5.07. The Hall–Kier alpha value is -1.82. The van der Waals surface area contributed by atoms with Crippen LogP contribution >= 0.6 is 0 Å². The van der Waals surface area contributed by atoms with Gasteiger partial charge in [0.25, 0.3) is 0 Å². The minimum absolute atomic E-state index is 0.0934. The summed E-state index contributed by atoms with van der Waals surface area (Å²) in [6.07, 6.45) is 3.40. The van der Waals surface area contributed by atoms with Crippen molar-refractivity contribution in [1.29, 1.82) is 5.26 Å². The first-order valence-electron chi connectivity index (χ1n) is 5.97. The molecule has 1 aromatic carbocycles. The zero-order valence-electron chi connectivity index (χ0n) is 9.60. The van der Waals surface area contributed by atoms with E-state index < -0.39 is 0 Å². The second kappa shape index (κ2) is 3.89. The van der Waals surface area contributed by atoms with Crippen LogP contribution < -0.4 is 0 Å². The first kappa shape index (κ1) is 10.3. The molecule has 3 aliphatic rings. The Kier molecular flexibility index (Phi) is 2.36. The molecule has 3 fully saturated rings. The summed E-state index contributed by atoms with van der Waals surface area (Å²) in [5.41, 5.74) is 1.76. The van der Waals surface area contributed by atoms with Crippen LogP contribution in [0.3, 0.4) is 0 Å². The minimum Gasteiger partial charge on any atom is -0.390 e. The van der Waals surface area contributed by atoms with Gasteiger partial charge in [0.2, 0.25) is 0 Å². The Labute approximate surface area is 101 Å². The third kappa shape index (κ3) is 1.70. The third-order valence-electron chi connectivity index (χ3n) is 3.88. The molecule has 0 amide bonds. The van der Waals surface area contributed by atoms with E-state index in [1.165, 1.54) is 0 Å². The fourth-order valence-electron chi connectivity index (χ4n) is 2.75. The van der Waals surface area contributed by atoms with Crippen molar-refractivity contribution in [3.05, 3.63) is 35.9 Å². The fourth-order valence-corrected chi connectivity index (χ4v) is 2.75. The smallest absolute Gasteiger partial charge is 0.163 e. The largest absolute Gasteiger partial charge is 0.390 e. The molecule has 3 saturated carbocycles. The Morgan fingerprint density at radius 1 is 1.35 bits per heavy atom. The predicted octanol–water partition coefficient (Wildman–Crippen LogP) is 2.88. The number of benzene rings is 1. The van der Waals surface area contributed by atoms with Crippen molar-refractivity contribution in [2.75, 3.05) is 0 Å². The molecule has 0 atom stereocenters. The van der Waals surface area contributed by atoms with Crippen LogP contribution in [0.1, 0.15) is 24.8 Å². The molecule has 2 bridgehead atoms. The van der Waals surface area contributed by atoms with Gasteiger partial charge < -0.3 is 4.84 Å². The van der Waals surface area contributed by atoms with Gasteiger partial charge in [-0.1, -0.05) is 35.5 Å². The maximum atomic E-state index is 9.09. The maximum absolute atomic E-state index is 9.09. The van der Waals surface area contributed by atoms with Crippen LogP contribution in [0.4, 0.5) is 0 Å². The molecule has 3 nitrogen and oxygen atoms in total. The van der Waals surface area contributed by atoms with Crippen molar-refractivity contribution in [1.82, 2.24) is 0 Å². The minimum atomic E-state index is 0.0934. The van der Waals surface area contributed by atoms with Gasteiger partial charge in [-0.15, -0.1) is 0 Å². The van der Waals surface area contributed by atoms with Crippen molar-refractivity contribution >= 4 is 5.71 Å². The monoisotopic (exact) mass is 226 g/mol. The fraction of sp³-hybridized carbons (Fsp3) is 0.429. The lowest BCUT2D eigenvalue weighted by atomic mass is 9.43. The second-order valence-corrected chi connectivity index (χ2v) is 5.07. The highest BCUT2D eigenvalue weighted by molar-refractivity contribution is 6.04. The molecule has 17 heavy (non-hydrogen) atoms. The molecule has 0 unspecified atom stereocenters. The van der Waals surface area contributed by atoms with E-state index in [9.17, 15) is 0 Å². The summed E-state index contributed by atoms with van der Waals surface area (Å²) in [6, 6.07) is 12.1. The van der Waals surface area contributed by atoms with Gasteiger partial charge in [0, 0.05) is 5.41 Å². The van der Waals surface area contributed by atoms with Gasteiger partial charge in [0.15, 0.2) is 5.71 Å². The molecule has 0 saturated heterocycles. The predicted molar refractivity (Wildman–Crippen MR) is 64.1 cm³/mol. The van der Waals surface area contributed by atoms with E-state index in [-0.39, 0.29) is 5.41 Å². The van der Waals surface area contributed by atoms with Gasteiger partial charge in [-0.05, 0) is 30.7 Å². The van der Waals surface area contributed by atoms with Crippen LogP contribution in [0, 0.1) is 22.7 Å². The lowest BCUT2D eigenvalue weighted by Gasteiger charge is -2.60. The molecule has 3 aliphatic carbocycles. The molecule has 1 aromatic rings. The Balaban J connectivity index is 1.60. The molecule has 3 heteroatoms. The van der Waals surface area contributed by atoms with Gasteiger partial charge in [-0.25, -0.2) is 0 Å². The first-order chi connectivity index (χ1) is 8.32. The third-order valence-corrected chi connectivity index (χ3v) is 3.88. The maximum Gasteiger partial charge on any atom is 0.163 e. The van der Waals surface area contributed by atoms with Crippen LogP contribution in [0.5, 0.6) is 0 Å². The number of hydrogen-bond donors (Lipinski definition) is 0. The van der Waals surface area contributed by atoms with Crippen molar-refractivity contribution in [2.24, 2.45) is 16.5 Å². The van der Waals surface area contributed by atoms with E-state index in [1.807, 2.05) is 30.3 Å². The summed E-state index contributed by atoms with van der Waals surface area (Å²) >= 11 is 0. The molecule has 0 spiro atoms. The van der Waals surface area contributed by atoms with E-state index >= 15 is 0 Å². The highest BCUT2D eigenvalue weighted by Crippen LogP contribution is 2.65. The van der Waals surface area contributed by atoms with Crippen molar-refractivity contribution in [3.63, 3.8) is 0 Å². The van der Waals surface area contributed by atoms with Crippen molar-refractivity contribution in [3.8, 4) is 6.07 Å². The van der Waals surface area contributed by atoms with Crippen LogP contribution in [0.15, 0.2) is 35.5 Å². The van der Waals surface area contributed by atoms with Crippen molar-refractivity contribution in [2.45, 2.75) is 25.9 Å². The molecular formula is C14H14N2O. The van der Waals surface area contributed by atoms with Gasteiger partial charge in [0.1, 0.15) is 12.7 Å². The number of rotatable bonds is 4. The SMILES string of the molecule is N#CC(=NOCc1ccccc1)C12CC(C1)C2. The summed E-state index contributed by atoms with van der Waals surface area (Å²) in [7, 11) is 0. The van der Waals surface area contributed by atoms with E-state index in [0.717, 1.165) is 30.7 Å². The summed E-state index contributed by atoms with van der Waals surface area (Å²) < 4.78 is 0. The summed E-state index contributed by atoms with van der Waals surface area (Å²) in [5, 5.41) is 13.1. The van der Waals surface area contributed by atoms with Gasteiger partial charge >= 0.3 is 0 Å². The number of nitriles is 1. The topological polar surface area (TPSA) is 45.4 Å². The molecular weight excluding hydrogens is 212 g/mol. The van der Waals surface area contributed by atoms with Crippen LogP contribution in [-0.2, 0) is 11.4 Å². The quantitative estimate of drug-likeness (QED) is 0.585. The summed E-state index contributed by atoms with van der Waals surface area (Å²) in [5.74, 6) is 0.850. The number of hydrogen-bond acceptors (Lipinski definition) is 3. The van der Waals surface area contributed by atoms with E-state index in [1.54, 1.807) is 0 Å². The zero-order valence-corrected chi connectivity index (χ0v) is 9.60. The lowest BCUT2D eigenvalue weighted by molar-refractivity contribution is -0.0430. The lowest BCUT2D eigenvalue weighted by Crippen LogP contribution is -2.56. The van der Waals surface area contributed by atoms with E-state index in [4.69, 9.17) is 10.1 Å². The van der Waals surface area contributed by atoms with Gasteiger partial charge in [-0.2, -0.15) is 5.26 Å². The van der Waals surface area contributed by atoms with E-state index in [2.05, 4.69) is 11.2 Å². The van der Waals surface area contributed by atoms with Gasteiger partial charge in [-0.3, -0.25) is 0 Å². The zero-order chi connectivity index (χ0) is 11.7. The summed E-state index contributed by atoms with van der Waals surface area (Å²) in [4.78, 5) is 5.28. The van der Waals surface area contributed by atoms with Crippen LogP contribution in [0.25, 0.3) is 0 Å². The Bertz CT molecular complexity index is 470. The van der Waals surface area contributed by atoms with E-state index in [0.29, 0.717) is 12.3 Å². The Morgan fingerprint density at radius 2 is 2.06 bits per heavy atom. The molecule has 0 radical (unpaired) electrons. The average Bonchev–Trinajstić information content (AvgIpc) is 2.25. The van der Waals surface area contributed by atoms with Crippen LogP contribution in [-0.4, -0.2) is 5.71 Å². The highest BCUT2D eigenvalue weighted by atomic mass is 16.6. The number of oxime groups is 1. The molecule has 4 rings (SSSR count).